The van der Waals surface area contributed by atoms with Crippen molar-refractivity contribution in [3.05, 3.63) is 63.7 Å². The molecule has 1 saturated carbocycles. The van der Waals surface area contributed by atoms with Gasteiger partial charge in [0.2, 0.25) is 23.6 Å². The molecule has 15 heteroatoms. The van der Waals surface area contributed by atoms with Crippen LogP contribution in [-0.2, 0) is 32.6 Å². The Morgan fingerprint density at radius 2 is 1.82 bits per heavy atom. The smallest absolute Gasteiger partial charge is 0.329 e. The Labute approximate surface area is 362 Å². The highest BCUT2D eigenvalue weighted by molar-refractivity contribution is 6.03. The lowest BCUT2D eigenvalue weighted by Crippen LogP contribution is -2.44. The Bertz CT molecular complexity index is 2440. The molecular weight excluding hydrogens is 791 g/mol. The van der Waals surface area contributed by atoms with Crippen molar-refractivity contribution in [2.75, 3.05) is 47.1 Å². The number of benzene rings is 2. The van der Waals surface area contributed by atoms with E-state index in [9.17, 15) is 24.0 Å². The molecule has 2 aliphatic heterocycles. The highest BCUT2D eigenvalue weighted by Crippen LogP contribution is 2.34. The minimum absolute atomic E-state index is 0.0282. The van der Waals surface area contributed by atoms with Gasteiger partial charge in [-0.1, -0.05) is 37.3 Å². The first-order valence-electron chi connectivity index (χ1n) is 22.0. The summed E-state index contributed by atoms with van der Waals surface area (Å²) in [6, 6.07) is 8.42. The number of carbonyl (C=O) groups is 4. The van der Waals surface area contributed by atoms with Gasteiger partial charge >= 0.3 is 5.69 Å². The van der Waals surface area contributed by atoms with Gasteiger partial charge in [-0.2, -0.15) is 0 Å². The maximum absolute atomic E-state index is 13.2. The average molecular weight is 850 g/mol. The van der Waals surface area contributed by atoms with E-state index in [1.165, 1.54) is 11.7 Å². The molecule has 0 bridgehead atoms. The highest BCUT2D eigenvalue weighted by Gasteiger charge is 2.33. The summed E-state index contributed by atoms with van der Waals surface area (Å²) in [7, 11) is 5.39. The van der Waals surface area contributed by atoms with E-state index in [-0.39, 0.29) is 54.0 Å². The summed E-state index contributed by atoms with van der Waals surface area (Å²) in [6.45, 7) is 5.60. The normalized spacial score (nSPS) is 21.5. The Morgan fingerprint density at radius 1 is 1.03 bits per heavy atom. The number of para-hydroxylation sites is 1. The summed E-state index contributed by atoms with van der Waals surface area (Å²) in [4.78, 5) is 69.0. The zero-order valence-corrected chi connectivity index (χ0v) is 36.3. The molecule has 0 radical (unpaired) electrons. The molecule has 62 heavy (non-hydrogen) atoms. The van der Waals surface area contributed by atoms with Crippen LogP contribution in [0.2, 0.25) is 0 Å². The monoisotopic (exact) mass is 849 g/mol. The number of piperidine rings is 1. The molecule has 4 N–H and O–H groups in total. The van der Waals surface area contributed by atoms with Crippen LogP contribution < -0.4 is 31.5 Å². The Morgan fingerprint density at radius 3 is 2.56 bits per heavy atom. The number of hydrogen-bond acceptors (Lipinski definition) is 10. The van der Waals surface area contributed by atoms with Gasteiger partial charge in [-0.15, -0.1) is 0 Å². The van der Waals surface area contributed by atoms with Crippen LogP contribution in [0.25, 0.3) is 21.8 Å². The molecule has 4 amide bonds. The maximum Gasteiger partial charge on any atom is 0.329 e. The van der Waals surface area contributed by atoms with Crippen molar-refractivity contribution in [1.29, 1.82) is 0 Å². The number of nitrogens with zero attached hydrogens (tertiary/aromatic N) is 4. The van der Waals surface area contributed by atoms with E-state index in [1.807, 2.05) is 18.2 Å². The quantitative estimate of drug-likeness (QED) is 0.0781. The number of imidazole rings is 1. The van der Waals surface area contributed by atoms with Gasteiger partial charge in [0.25, 0.3) is 5.91 Å². The number of hydrogen-bond donors (Lipinski definition) is 3. The fraction of sp³-hybridized carbons (Fsp3) is 0.532. The second-order valence-electron chi connectivity index (χ2n) is 17.1. The average Bonchev–Trinajstić information content (AvgIpc) is 3.76. The van der Waals surface area contributed by atoms with Gasteiger partial charge in [-0.25, -0.2) is 9.78 Å². The third-order valence-electron chi connectivity index (χ3n) is 12.8. The lowest BCUT2D eigenvalue weighted by Gasteiger charge is -2.29. The van der Waals surface area contributed by atoms with Gasteiger partial charge in [0, 0.05) is 69.1 Å². The largest absolute Gasteiger partial charge is 0.496 e. The highest BCUT2D eigenvalue weighted by atomic mass is 16.5. The van der Waals surface area contributed by atoms with Crippen LogP contribution in [0.1, 0.15) is 98.7 Å². The molecule has 2 aromatic carbocycles. The molecule has 330 valence electrons. The molecule has 7 rings (SSSR count). The number of aryl methyl sites for hydroxylation is 2. The van der Waals surface area contributed by atoms with Crippen molar-refractivity contribution in [3.8, 4) is 23.5 Å². The summed E-state index contributed by atoms with van der Waals surface area (Å²) >= 11 is 0. The van der Waals surface area contributed by atoms with Crippen LogP contribution in [0.15, 0.2) is 41.3 Å². The molecule has 3 fully saturated rings. The maximum atomic E-state index is 13.2. The first-order valence-corrected chi connectivity index (χ1v) is 22.0. The number of ether oxygens (including phenoxy) is 3. The number of rotatable bonds is 17. The molecular formula is C47H59N7O8. The Kier molecular flexibility index (Phi) is 14.3. The molecule has 4 aromatic rings. The molecule has 4 heterocycles. The second-order valence-corrected chi connectivity index (χ2v) is 17.1. The number of aromatic nitrogens is 3. The van der Waals surface area contributed by atoms with Crippen molar-refractivity contribution < 1.29 is 33.4 Å². The number of fused-ring (bicyclic) bond motifs is 2. The fourth-order valence-electron chi connectivity index (χ4n) is 9.41. The number of imide groups is 1. The first kappa shape index (κ1) is 44.3. The summed E-state index contributed by atoms with van der Waals surface area (Å²) in [5.74, 6) is 7.32. The van der Waals surface area contributed by atoms with Crippen LogP contribution in [0.4, 0.5) is 0 Å². The van der Waals surface area contributed by atoms with Crippen molar-refractivity contribution in [1.82, 2.24) is 29.7 Å². The van der Waals surface area contributed by atoms with Gasteiger partial charge in [0.05, 0.1) is 35.3 Å². The predicted octanol–water partition coefficient (Wildman–Crippen LogP) is 4.40. The van der Waals surface area contributed by atoms with Crippen molar-refractivity contribution >= 4 is 45.4 Å². The van der Waals surface area contributed by atoms with Crippen LogP contribution >= 0.6 is 0 Å². The van der Waals surface area contributed by atoms with Crippen molar-refractivity contribution in [2.24, 2.45) is 30.5 Å². The lowest BCUT2D eigenvalue weighted by molar-refractivity contribution is -0.135. The van der Waals surface area contributed by atoms with Gasteiger partial charge in [-0.3, -0.25) is 33.6 Å². The molecule has 1 unspecified atom stereocenters. The molecule has 1 aliphatic carbocycles. The van der Waals surface area contributed by atoms with E-state index in [4.69, 9.17) is 19.9 Å². The summed E-state index contributed by atoms with van der Waals surface area (Å²) < 4.78 is 20.8. The number of nitrogens with two attached hydrogens (primary N) is 1. The van der Waals surface area contributed by atoms with Crippen LogP contribution in [-0.4, -0.2) is 95.8 Å². The third kappa shape index (κ3) is 9.98. The first-order chi connectivity index (χ1) is 29.9. The zero-order chi connectivity index (χ0) is 43.9. The molecule has 2 aromatic heterocycles. The van der Waals surface area contributed by atoms with Crippen molar-refractivity contribution in [2.45, 2.75) is 89.6 Å². The van der Waals surface area contributed by atoms with Crippen molar-refractivity contribution in [3.63, 3.8) is 0 Å². The van der Waals surface area contributed by atoms with E-state index >= 15 is 0 Å². The number of nitrogens with one attached hydrogen (secondary N) is 2. The molecule has 2 saturated heterocycles. The zero-order valence-electron chi connectivity index (χ0n) is 36.3. The van der Waals surface area contributed by atoms with E-state index < -0.39 is 17.9 Å². The molecule has 15 nitrogen and oxygen atoms in total. The standard InChI is InChI=1S/C47H59N7O8/c1-5-31-23-42(56)50-37(31)28-62-46-35-25-40(60-4)36(44(48)57)24-34(35)33(26-49-46)17-16-29-12-14-30(15-13-29)27-52(2)20-8-22-61-21-7-10-32-9-6-11-38-43(32)53(3)47(59)54(38)39-18-19-41(55)51-45(39)58/h6,9,11,24-26,29-31,37,39H,5,7-8,10,12-15,18-23,27-28H2,1-4H3,(H2,48,57)(H,50,56)(H,51,55,58)/t29-,30+,31-,37-,39?/m1/s1. The summed E-state index contributed by atoms with van der Waals surface area (Å²) in [5.41, 5.74) is 8.96. The minimum Gasteiger partial charge on any atom is -0.496 e. The fourth-order valence-corrected chi connectivity index (χ4v) is 9.41. The van der Waals surface area contributed by atoms with E-state index in [0.717, 1.165) is 75.5 Å². The van der Waals surface area contributed by atoms with Gasteiger partial charge < -0.3 is 30.2 Å². The number of amides is 4. The number of carbonyl (C=O) groups excluding carboxylic acids is 4. The number of pyridine rings is 1. The van der Waals surface area contributed by atoms with E-state index in [0.29, 0.717) is 65.5 Å². The summed E-state index contributed by atoms with van der Waals surface area (Å²) in [5, 5.41) is 6.75. The predicted molar refractivity (Wildman–Crippen MR) is 235 cm³/mol. The van der Waals surface area contributed by atoms with Crippen LogP contribution in [0.5, 0.6) is 11.6 Å². The Balaban J connectivity index is 0.860. The number of methoxy groups -OCH3 is 1. The molecule has 3 aliphatic rings. The third-order valence-corrected chi connectivity index (χ3v) is 12.8. The Hall–Kier alpha value is -5.72. The SMILES string of the molecule is CC[C@@H]1CC(=O)N[C@@H]1COc1ncc(C#C[C@H]2CC[C@@H](CN(C)CCCOCCCc3cccc4c3n(C)c(=O)n4C3CCC(=O)NC3=O)CC2)c2cc(C(N)=O)c(OC)cc12. The van der Waals surface area contributed by atoms with E-state index in [1.54, 1.807) is 29.9 Å². The lowest BCUT2D eigenvalue weighted by atomic mass is 9.82. The van der Waals surface area contributed by atoms with Gasteiger partial charge in [0.1, 0.15) is 18.4 Å². The van der Waals surface area contributed by atoms with Gasteiger partial charge in [0.15, 0.2) is 0 Å². The van der Waals surface area contributed by atoms with Gasteiger partial charge in [-0.05, 0) is 94.0 Å². The summed E-state index contributed by atoms with van der Waals surface area (Å²) in [6.07, 6.45) is 10.2. The van der Waals surface area contributed by atoms with E-state index in [2.05, 4.69) is 46.3 Å². The van der Waals surface area contributed by atoms with Crippen LogP contribution in [0.3, 0.4) is 0 Å². The van der Waals surface area contributed by atoms with Crippen LogP contribution in [0, 0.1) is 29.6 Å². The second kappa shape index (κ2) is 20.0. The molecule has 3 atom stereocenters. The minimum atomic E-state index is -0.700. The topological polar surface area (TPSA) is 189 Å². The molecule has 0 spiro atoms. The number of primary amides is 1.